The predicted molar refractivity (Wildman–Crippen MR) is 98.1 cm³/mol. The van der Waals surface area contributed by atoms with Crippen molar-refractivity contribution in [2.75, 3.05) is 11.1 Å². The molecule has 0 unspecified atom stereocenters. The molecule has 0 spiro atoms. The zero-order valence-electron chi connectivity index (χ0n) is 14.0. The zero-order chi connectivity index (χ0) is 17.4. The third kappa shape index (κ3) is 5.10. The van der Waals surface area contributed by atoms with Crippen LogP contribution in [0.2, 0.25) is 0 Å². The lowest BCUT2D eigenvalue weighted by molar-refractivity contribution is -0.113. The van der Waals surface area contributed by atoms with Crippen LogP contribution in [0, 0.1) is 11.3 Å². The molecule has 24 heavy (non-hydrogen) atoms. The second kappa shape index (κ2) is 9.09. The van der Waals surface area contributed by atoms with E-state index in [4.69, 9.17) is 0 Å². The molecule has 0 saturated heterocycles. The quantitative estimate of drug-likeness (QED) is 0.768. The molecule has 2 rings (SSSR count). The average Bonchev–Trinajstić information content (AvgIpc) is 2.61. The Morgan fingerprint density at radius 3 is 2.58 bits per heavy atom. The van der Waals surface area contributed by atoms with Gasteiger partial charge in [-0.3, -0.25) is 4.79 Å². The summed E-state index contributed by atoms with van der Waals surface area (Å²) in [5, 5.41) is 12.7. The van der Waals surface area contributed by atoms with Gasteiger partial charge in [0.1, 0.15) is 11.1 Å². The number of aryl methyl sites for hydroxylation is 2. The van der Waals surface area contributed by atoms with E-state index in [1.54, 1.807) is 6.07 Å². The van der Waals surface area contributed by atoms with Gasteiger partial charge in [0.05, 0.1) is 11.3 Å². The fourth-order valence-corrected chi connectivity index (χ4v) is 3.01. The van der Waals surface area contributed by atoms with Crippen molar-refractivity contribution in [3.8, 4) is 6.07 Å². The van der Waals surface area contributed by atoms with Crippen molar-refractivity contribution in [1.29, 1.82) is 5.26 Å². The summed E-state index contributed by atoms with van der Waals surface area (Å²) in [5.74, 6) is 0.128. The highest BCUT2D eigenvalue weighted by Crippen LogP contribution is 2.21. The number of nitrogens with one attached hydrogen (secondary N) is 1. The van der Waals surface area contributed by atoms with Crippen molar-refractivity contribution >= 4 is 23.4 Å². The molecule has 0 saturated carbocycles. The molecule has 0 aliphatic carbocycles. The molecule has 0 fully saturated rings. The monoisotopic (exact) mass is 339 g/mol. The SMILES string of the molecule is CCCc1ccc(C#N)c(SCC(=O)Nc2ccc(CC)cc2)n1. The molecule has 1 aromatic heterocycles. The van der Waals surface area contributed by atoms with Gasteiger partial charge in [-0.25, -0.2) is 4.98 Å². The Labute approximate surface area is 147 Å². The molecule has 2 aromatic rings. The number of anilines is 1. The minimum absolute atomic E-state index is 0.101. The largest absolute Gasteiger partial charge is 0.325 e. The number of rotatable bonds is 7. The van der Waals surface area contributed by atoms with E-state index in [-0.39, 0.29) is 11.7 Å². The topological polar surface area (TPSA) is 65.8 Å². The Kier molecular flexibility index (Phi) is 6.83. The molecule has 1 N–H and O–H groups in total. The highest BCUT2D eigenvalue weighted by atomic mass is 32.2. The lowest BCUT2D eigenvalue weighted by Crippen LogP contribution is -2.14. The van der Waals surface area contributed by atoms with Crippen LogP contribution in [0.1, 0.15) is 37.1 Å². The number of nitrogens with zero attached hydrogens (tertiary/aromatic N) is 2. The summed E-state index contributed by atoms with van der Waals surface area (Å²) < 4.78 is 0. The molecule has 1 heterocycles. The van der Waals surface area contributed by atoms with Gasteiger partial charge in [-0.1, -0.05) is 44.2 Å². The van der Waals surface area contributed by atoms with E-state index in [1.807, 2.05) is 30.3 Å². The number of thioether (sulfide) groups is 1. The Morgan fingerprint density at radius 2 is 1.96 bits per heavy atom. The summed E-state index contributed by atoms with van der Waals surface area (Å²) in [6, 6.07) is 13.6. The molecule has 1 amide bonds. The smallest absolute Gasteiger partial charge is 0.234 e. The molecular weight excluding hydrogens is 318 g/mol. The van der Waals surface area contributed by atoms with Crippen LogP contribution in [0.5, 0.6) is 0 Å². The molecule has 0 aliphatic heterocycles. The van der Waals surface area contributed by atoms with E-state index >= 15 is 0 Å². The van der Waals surface area contributed by atoms with E-state index in [2.05, 4.69) is 30.2 Å². The summed E-state index contributed by atoms with van der Waals surface area (Å²) in [6.07, 6.45) is 2.84. The van der Waals surface area contributed by atoms with Crippen molar-refractivity contribution in [3.05, 3.63) is 53.2 Å². The second-order valence-corrected chi connectivity index (χ2v) is 6.37. The first kappa shape index (κ1) is 18.0. The number of amides is 1. The van der Waals surface area contributed by atoms with Crippen LogP contribution >= 0.6 is 11.8 Å². The van der Waals surface area contributed by atoms with Gasteiger partial charge in [0.15, 0.2) is 0 Å². The van der Waals surface area contributed by atoms with Crippen molar-refractivity contribution in [2.24, 2.45) is 0 Å². The fraction of sp³-hybridized carbons (Fsp3) is 0.316. The molecule has 0 bridgehead atoms. The number of carbonyl (C=O) groups excluding carboxylic acids is 1. The maximum absolute atomic E-state index is 12.1. The molecule has 0 aliphatic rings. The highest BCUT2D eigenvalue weighted by molar-refractivity contribution is 8.00. The third-order valence-corrected chi connectivity index (χ3v) is 4.52. The number of hydrogen-bond donors (Lipinski definition) is 1. The van der Waals surface area contributed by atoms with Gasteiger partial charge < -0.3 is 5.32 Å². The first-order valence-corrected chi connectivity index (χ1v) is 9.06. The van der Waals surface area contributed by atoms with Crippen molar-refractivity contribution in [3.63, 3.8) is 0 Å². The molecule has 4 nitrogen and oxygen atoms in total. The molecule has 5 heteroatoms. The number of hydrogen-bond acceptors (Lipinski definition) is 4. The van der Waals surface area contributed by atoms with Crippen LogP contribution < -0.4 is 5.32 Å². The molecule has 0 radical (unpaired) electrons. The number of carbonyl (C=O) groups is 1. The first-order chi connectivity index (χ1) is 11.7. The maximum Gasteiger partial charge on any atom is 0.234 e. The normalized spacial score (nSPS) is 10.2. The summed E-state index contributed by atoms with van der Waals surface area (Å²) in [4.78, 5) is 16.6. The summed E-state index contributed by atoms with van der Waals surface area (Å²) in [7, 11) is 0. The average molecular weight is 339 g/mol. The van der Waals surface area contributed by atoms with E-state index in [9.17, 15) is 10.1 Å². The van der Waals surface area contributed by atoms with Gasteiger partial charge >= 0.3 is 0 Å². The van der Waals surface area contributed by atoms with E-state index in [0.29, 0.717) is 10.6 Å². The van der Waals surface area contributed by atoms with Gasteiger partial charge in [-0.15, -0.1) is 0 Å². The van der Waals surface area contributed by atoms with Crippen LogP contribution in [-0.2, 0) is 17.6 Å². The predicted octanol–water partition coefficient (Wildman–Crippen LogP) is 4.20. The molecule has 124 valence electrons. The fourth-order valence-electron chi connectivity index (χ4n) is 2.22. The van der Waals surface area contributed by atoms with Crippen molar-refractivity contribution in [2.45, 2.75) is 38.1 Å². The number of benzene rings is 1. The van der Waals surface area contributed by atoms with Crippen LogP contribution in [0.3, 0.4) is 0 Å². The van der Waals surface area contributed by atoms with E-state index in [1.165, 1.54) is 17.3 Å². The Bertz CT molecular complexity index is 735. The lowest BCUT2D eigenvalue weighted by Gasteiger charge is -2.07. The van der Waals surface area contributed by atoms with Gasteiger partial charge in [-0.2, -0.15) is 5.26 Å². The Hall–Kier alpha value is -2.32. The van der Waals surface area contributed by atoms with Crippen molar-refractivity contribution in [1.82, 2.24) is 4.98 Å². The zero-order valence-corrected chi connectivity index (χ0v) is 14.8. The Balaban J connectivity index is 1.97. The summed E-state index contributed by atoms with van der Waals surface area (Å²) >= 11 is 1.30. The van der Waals surface area contributed by atoms with Crippen LogP contribution in [0.15, 0.2) is 41.4 Å². The first-order valence-electron chi connectivity index (χ1n) is 8.07. The molecule has 0 atom stereocenters. The van der Waals surface area contributed by atoms with Gasteiger partial charge in [0, 0.05) is 11.4 Å². The molecule has 1 aromatic carbocycles. The maximum atomic E-state index is 12.1. The van der Waals surface area contributed by atoms with E-state index < -0.39 is 0 Å². The minimum Gasteiger partial charge on any atom is -0.325 e. The van der Waals surface area contributed by atoms with Crippen LogP contribution in [0.4, 0.5) is 5.69 Å². The van der Waals surface area contributed by atoms with Gasteiger partial charge in [-0.05, 0) is 42.7 Å². The minimum atomic E-state index is -0.101. The lowest BCUT2D eigenvalue weighted by atomic mass is 10.1. The Morgan fingerprint density at radius 1 is 1.21 bits per heavy atom. The van der Waals surface area contributed by atoms with Crippen molar-refractivity contribution < 1.29 is 4.79 Å². The third-order valence-electron chi connectivity index (χ3n) is 3.53. The van der Waals surface area contributed by atoms with Gasteiger partial charge in [0.2, 0.25) is 5.91 Å². The number of aromatic nitrogens is 1. The number of nitriles is 1. The summed E-state index contributed by atoms with van der Waals surface area (Å²) in [6.45, 7) is 4.18. The van der Waals surface area contributed by atoms with Crippen LogP contribution in [0.25, 0.3) is 0 Å². The van der Waals surface area contributed by atoms with E-state index in [0.717, 1.165) is 30.6 Å². The van der Waals surface area contributed by atoms with Crippen LogP contribution in [-0.4, -0.2) is 16.6 Å². The standard InChI is InChI=1S/C19H21N3OS/c1-3-5-16-11-8-15(12-20)19(22-16)24-13-18(23)21-17-9-6-14(4-2)7-10-17/h6-11H,3-5,13H2,1-2H3,(H,21,23). The molecular formula is C19H21N3OS. The highest BCUT2D eigenvalue weighted by Gasteiger charge is 2.10. The van der Waals surface area contributed by atoms with Gasteiger partial charge in [0.25, 0.3) is 0 Å². The second-order valence-electron chi connectivity index (χ2n) is 5.40. The number of pyridine rings is 1. The summed E-state index contributed by atoms with van der Waals surface area (Å²) in [5.41, 5.74) is 3.48.